The molecule has 126 valence electrons. The van der Waals surface area contributed by atoms with Crippen molar-refractivity contribution in [3.63, 3.8) is 0 Å². The van der Waals surface area contributed by atoms with E-state index in [2.05, 4.69) is 23.5 Å². The van der Waals surface area contributed by atoms with Crippen LogP contribution >= 0.6 is 0 Å². The van der Waals surface area contributed by atoms with Crippen LogP contribution in [0.3, 0.4) is 0 Å². The summed E-state index contributed by atoms with van der Waals surface area (Å²) >= 11 is 0. The highest BCUT2D eigenvalue weighted by atomic mass is 16.6. The van der Waals surface area contributed by atoms with E-state index in [9.17, 15) is 4.79 Å². The number of hydrogen-bond donors (Lipinski definition) is 1. The Kier molecular flexibility index (Phi) is 4.26. The zero-order chi connectivity index (χ0) is 16.6. The van der Waals surface area contributed by atoms with Gasteiger partial charge in [0.1, 0.15) is 11.4 Å². The third kappa shape index (κ3) is 3.31. The number of carbonyl (C=O) groups excluding carboxylic acids is 1. The molecule has 0 saturated heterocycles. The van der Waals surface area contributed by atoms with Crippen molar-refractivity contribution in [2.24, 2.45) is 5.92 Å². The largest absolute Gasteiger partial charge is 0.497 e. The normalized spacial score (nSPS) is 25.1. The molecular weight excluding hydrogens is 290 g/mol. The SMILES string of the molecule is COc1ccc2c(c1)[C@H]1[C@@H](CCNC(=O)OC(C)(C)C)CC[C@@H]21. The zero-order valence-corrected chi connectivity index (χ0v) is 14.5. The van der Waals surface area contributed by atoms with Gasteiger partial charge in [-0.15, -0.1) is 0 Å². The van der Waals surface area contributed by atoms with Gasteiger partial charge in [-0.1, -0.05) is 6.07 Å². The van der Waals surface area contributed by atoms with Crippen LogP contribution in [-0.2, 0) is 4.74 Å². The lowest BCUT2D eigenvalue weighted by Gasteiger charge is -2.38. The van der Waals surface area contributed by atoms with Crippen molar-refractivity contribution in [2.75, 3.05) is 13.7 Å². The van der Waals surface area contributed by atoms with E-state index in [4.69, 9.17) is 9.47 Å². The molecule has 1 fully saturated rings. The Morgan fingerprint density at radius 1 is 1.26 bits per heavy atom. The second-order valence-corrected chi connectivity index (χ2v) is 7.68. The standard InChI is InChI=1S/C19H27NO3/c1-19(2,3)23-18(21)20-10-9-12-5-7-15-14-8-6-13(22-4)11-16(14)17(12)15/h6,8,11-12,15,17H,5,7,9-10H2,1-4H3,(H,20,21)/t12-,15+,17+/m1/s1. The highest BCUT2D eigenvalue weighted by Gasteiger charge is 2.46. The summed E-state index contributed by atoms with van der Waals surface area (Å²) in [5, 5.41) is 2.89. The summed E-state index contributed by atoms with van der Waals surface area (Å²) in [4.78, 5) is 11.7. The van der Waals surface area contributed by atoms with E-state index < -0.39 is 5.60 Å². The van der Waals surface area contributed by atoms with Crippen molar-refractivity contribution < 1.29 is 14.3 Å². The first-order valence-electron chi connectivity index (χ1n) is 8.54. The molecule has 2 aliphatic rings. The molecular formula is C19H27NO3. The first kappa shape index (κ1) is 16.2. The lowest BCUT2D eigenvalue weighted by molar-refractivity contribution is 0.0524. The molecule has 1 amide bonds. The lowest BCUT2D eigenvalue weighted by atomic mass is 9.66. The second-order valence-electron chi connectivity index (χ2n) is 7.68. The smallest absolute Gasteiger partial charge is 0.407 e. The average molecular weight is 317 g/mol. The Morgan fingerprint density at radius 3 is 2.74 bits per heavy atom. The number of hydrogen-bond acceptors (Lipinski definition) is 3. The van der Waals surface area contributed by atoms with Crippen molar-refractivity contribution in [1.82, 2.24) is 5.32 Å². The zero-order valence-electron chi connectivity index (χ0n) is 14.5. The van der Waals surface area contributed by atoms with Gasteiger partial charge >= 0.3 is 6.09 Å². The summed E-state index contributed by atoms with van der Waals surface area (Å²) in [6.45, 7) is 6.33. The Labute approximate surface area is 138 Å². The fraction of sp³-hybridized carbons (Fsp3) is 0.632. The molecule has 1 aromatic carbocycles. The van der Waals surface area contributed by atoms with Crippen LogP contribution in [0.1, 0.15) is 63.0 Å². The average Bonchev–Trinajstić information content (AvgIpc) is 2.81. The summed E-state index contributed by atoms with van der Waals surface area (Å²) in [7, 11) is 1.72. The molecule has 4 nitrogen and oxygen atoms in total. The highest BCUT2D eigenvalue weighted by molar-refractivity contribution is 5.67. The number of fused-ring (bicyclic) bond motifs is 4. The molecule has 0 heterocycles. The van der Waals surface area contributed by atoms with Gasteiger partial charge in [0.05, 0.1) is 7.11 Å². The number of alkyl carbamates (subject to hydrolysis) is 1. The number of amides is 1. The van der Waals surface area contributed by atoms with Gasteiger partial charge in [0.15, 0.2) is 0 Å². The maximum atomic E-state index is 11.7. The first-order chi connectivity index (χ1) is 10.9. The molecule has 1 aromatic rings. The van der Waals surface area contributed by atoms with Gasteiger partial charge in [-0.3, -0.25) is 0 Å². The van der Waals surface area contributed by atoms with Gasteiger partial charge in [0.25, 0.3) is 0 Å². The van der Waals surface area contributed by atoms with Crippen LogP contribution in [0.2, 0.25) is 0 Å². The van der Waals surface area contributed by atoms with E-state index in [0.717, 1.165) is 12.2 Å². The van der Waals surface area contributed by atoms with E-state index in [0.29, 0.717) is 24.3 Å². The fourth-order valence-corrected chi connectivity index (χ4v) is 4.11. The topological polar surface area (TPSA) is 47.6 Å². The quantitative estimate of drug-likeness (QED) is 0.905. The van der Waals surface area contributed by atoms with Gasteiger partial charge in [-0.2, -0.15) is 0 Å². The maximum absolute atomic E-state index is 11.7. The Hall–Kier alpha value is -1.71. The Balaban J connectivity index is 1.54. The van der Waals surface area contributed by atoms with E-state index in [1.165, 1.54) is 24.0 Å². The minimum atomic E-state index is -0.438. The van der Waals surface area contributed by atoms with Crippen LogP contribution in [0.5, 0.6) is 5.75 Å². The predicted molar refractivity (Wildman–Crippen MR) is 90.1 cm³/mol. The van der Waals surface area contributed by atoms with Crippen molar-refractivity contribution in [2.45, 2.75) is 57.5 Å². The van der Waals surface area contributed by atoms with Gasteiger partial charge in [-0.25, -0.2) is 4.79 Å². The van der Waals surface area contributed by atoms with Gasteiger partial charge < -0.3 is 14.8 Å². The first-order valence-corrected chi connectivity index (χ1v) is 8.54. The number of benzene rings is 1. The maximum Gasteiger partial charge on any atom is 0.407 e. The van der Waals surface area contributed by atoms with Crippen molar-refractivity contribution in [3.05, 3.63) is 29.3 Å². The molecule has 1 N–H and O–H groups in total. The second kappa shape index (κ2) is 6.06. The molecule has 0 aromatic heterocycles. The molecule has 3 atom stereocenters. The molecule has 4 heteroatoms. The molecule has 0 aliphatic heterocycles. The van der Waals surface area contributed by atoms with Crippen molar-refractivity contribution >= 4 is 6.09 Å². The summed E-state index contributed by atoms with van der Waals surface area (Å²) in [6.07, 6.45) is 3.20. The molecule has 0 unspecified atom stereocenters. The number of nitrogens with one attached hydrogen (secondary N) is 1. The van der Waals surface area contributed by atoms with E-state index >= 15 is 0 Å². The van der Waals surface area contributed by atoms with Crippen molar-refractivity contribution in [1.29, 1.82) is 0 Å². The summed E-state index contributed by atoms with van der Waals surface area (Å²) < 4.78 is 10.6. The summed E-state index contributed by atoms with van der Waals surface area (Å²) in [5.74, 6) is 2.94. The molecule has 23 heavy (non-hydrogen) atoms. The summed E-state index contributed by atoms with van der Waals surface area (Å²) in [5.41, 5.74) is 2.51. The number of ether oxygens (including phenoxy) is 2. The van der Waals surface area contributed by atoms with Gasteiger partial charge in [0.2, 0.25) is 0 Å². The van der Waals surface area contributed by atoms with E-state index in [1.54, 1.807) is 7.11 Å². The number of rotatable bonds is 4. The van der Waals surface area contributed by atoms with E-state index in [1.807, 2.05) is 20.8 Å². The fourth-order valence-electron chi connectivity index (χ4n) is 4.11. The molecule has 0 radical (unpaired) electrons. The number of carbonyl (C=O) groups is 1. The van der Waals surface area contributed by atoms with Gasteiger partial charge in [0, 0.05) is 6.54 Å². The molecule has 0 spiro atoms. The third-order valence-corrected chi connectivity index (χ3v) is 5.03. The van der Waals surface area contributed by atoms with Gasteiger partial charge in [-0.05, 0) is 81.0 Å². The van der Waals surface area contributed by atoms with E-state index in [-0.39, 0.29) is 6.09 Å². The Bertz CT molecular complexity index is 591. The minimum absolute atomic E-state index is 0.317. The van der Waals surface area contributed by atoms with Crippen LogP contribution in [-0.4, -0.2) is 25.3 Å². The third-order valence-electron chi connectivity index (χ3n) is 5.03. The number of methoxy groups -OCH3 is 1. The monoisotopic (exact) mass is 317 g/mol. The Morgan fingerprint density at radius 2 is 2.04 bits per heavy atom. The van der Waals surface area contributed by atoms with Crippen LogP contribution in [0.25, 0.3) is 0 Å². The van der Waals surface area contributed by atoms with Crippen molar-refractivity contribution in [3.8, 4) is 5.75 Å². The van der Waals surface area contributed by atoms with Crippen LogP contribution in [0.15, 0.2) is 18.2 Å². The summed E-state index contributed by atoms with van der Waals surface area (Å²) in [6, 6.07) is 6.47. The molecule has 1 saturated carbocycles. The molecule has 3 rings (SSSR count). The van der Waals surface area contributed by atoms with Crippen LogP contribution in [0, 0.1) is 5.92 Å². The van der Waals surface area contributed by atoms with Crippen LogP contribution < -0.4 is 10.1 Å². The predicted octanol–water partition coefficient (Wildman–Crippen LogP) is 4.20. The minimum Gasteiger partial charge on any atom is -0.497 e. The molecule has 0 bridgehead atoms. The lowest BCUT2D eigenvalue weighted by Crippen LogP contribution is -2.34. The highest BCUT2D eigenvalue weighted by Crippen LogP contribution is 2.60. The van der Waals surface area contributed by atoms with Crippen LogP contribution in [0.4, 0.5) is 4.79 Å². The molecule has 2 aliphatic carbocycles.